The Kier molecular flexibility index (Phi) is 61.4. The molecule has 0 amide bonds. The Morgan fingerprint density at radius 2 is 0.560 bits per heavy atom. The Labute approximate surface area is 548 Å². The summed E-state index contributed by atoms with van der Waals surface area (Å²) in [5, 5.41) is 20.5. The highest BCUT2D eigenvalue weighted by molar-refractivity contribution is 7.47. The zero-order valence-corrected chi connectivity index (χ0v) is 57.2. The number of hydrogen-bond donors (Lipinski definition) is 4. The van der Waals surface area contributed by atoms with Crippen LogP contribution in [0.5, 0.6) is 0 Å². The number of phosphoric acid groups is 2. The summed E-state index contributed by atoms with van der Waals surface area (Å²) >= 11 is 0. The van der Waals surface area contributed by atoms with Gasteiger partial charge in [0.1, 0.15) is 25.4 Å². The van der Waals surface area contributed by atoms with Crippen molar-refractivity contribution in [3.63, 3.8) is 0 Å². The second-order valence-corrected chi connectivity index (χ2v) is 24.4. The lowest BCUT2D eigenvalue weighted by molar-refractivity contribution is -0.161. The van der Waals surface area contributed by atoms with E-state index in [0.29, 0.717) is 25.7 Å². The molecule has 0 aliphatic carbocycles. The van der Waals surface area contributed by atoms with Crippen LogP contribution in [0.25, 0.3) is 0 Å². The topological polar surface area (TPSA) is 231 Å². The van der Waals surface area contributed by atoms with Gasteiger partial charge < -0.3 is 34.2 Å². The fourth-order valence-corrected chi connectivity index (χ4v) is 9.50. The molecular weight excluding hydrogens is 1190 g/mol. The van der Waals surface area contributed by atoms with Crippen molar-refractivity contribution in [1.82, 2.24) is 0 Å². The second-order valence-electron chi connectivity index (χ2n) is 21.5. The third kappa shape index (κ3) is 66.2. The number of carbonyl (C=O) groups is 3. The highest BCUT2D eigenvalue weighted by Crippen LogP contribution is 2.45. The first kappa shape index (κ1) is 85.9. The van der Waals surface area contributed by atoms with Crippen LogP contribution in [0.4, 0.5) is 0 Å². The summed E-state index contributed by atoms with van der Waals surface area (Å²) < 4.78 is 60.8. The van der Waals surface area contributed by atoms with Crippen LogP contribution in [0.3, 0.4) is 0 Å². The Bertz CT molecular complexity index is 2340. The highest BCUT2D eigenvalue weighted by Gasteiger charge is 2.29. The lowest BCUT2D eigenvalue weighted by Crippen LogP contribution is -2.30. The molecule has 0 aliphatic heterocycles. The highest BCUT2D eigenvalue weighted by atomic mass is 31.2. The van der Waals surface area contributed by atoms with Gasteiger partial charge >= 0.3 is 33.6 Å². The van der Waals surface area contributed by atoms with Gasteiger partial charge in [0.2, 0.25) is 0 Å². The fourth-order valence-electron chi connectivity index (χ4n) is 7.92. The van der Waals surface area contributed by atoms with Crippen molar-refractivity contribution < 1.29 is 75.8 Å². The first-order valence-electron chi connectivity index (χ1n) is 33.4. The smallest absolute Gasteiger partial charge is 0.463 e. The van der Waals surface area contributed by atoms with E-state index in [1.807, 2.05) is 12.2 Å². The van der Waals surface area contributed by atoms with Crippen LogP contribution in [0.2, 0.25) is 0 Å². The minimum Gasteiger partial charge on any atom is -0.463 e. The Morgan fingerprint density at radius 1 is 0.308 bits per heavy atom. The van der Waals surface area contributed by atoms with E-state index < -0.39 is 91.5 Å². The standard InChI is InChI=1S/C73H116O16P2/c1-4-7-10-13-16-19-22-25-28-31-33-36-38-41-44-47-50-53-56-59-71(76)83-62-68(74)63-85-90(79,80)86-64-69(75)65-87-91(81,82)88-67-70(89-73(78)61-58-55-52-49-46-43-40-35-30-27-24-21-18-15-12-9-6-3)66-84-72(77)60-57-54-51-48-45-42-39-37-34-32-29-26-23-20-17-14-11-8-5-2/h7-12,16-21,25-30,33-34,36-37,40-41,43-44,49,52,68-70,74-75H,4-6,13-15,22-24,31-32,35,38-39,42,45-48,50-51,53-67H2,1-3H3,(H,79,80)(H,81,82)/b10-7-,11-8-,12-9-,19-16-,20-17-,21-18-,28-25-,29-26-,30-27-,36-33-,37-34-,43-40-,44-41-,52-49-. The fraction of sp³-hybridized carbons (Fsp3) is 0.575. The number of rotatable bonds is 61. The number of aliphatic hydroxyl groups excluding tert-OH is 2. The summed E-state index contributed by atoms with van der Waals surface area (Å²) in [6.07, 6.45) is 79.8. The van der Waals surface area contributed by atoms with Crippen LogP contribution < -0.4 is 0 Å². The average Bonchev–Trinajstić information content (AvgIpc) is 3.02. The lowest BCUT2D eigenvalue weighted by Gasteiger charge is -2.21. The van der Waals surface area contributed by atoms with Crippen LogP contribution >= 0.6 is 15.6 Å². The molecule has 0 aromatic rings. The van der Waals surface area contributed by atoms with E-state index in [-0.39, 0.29) is 19.3 Å². The van der Waals surface area contributed by atoms with Gasteiger partial charge in [-0.05, 0) is 141 Å². The van der Waals surface area contributed by atoms with Crippen LogP contribution in [0.15, 0.2) is 170 Å². The van der Waals surface area contributed by atoms with Crippen molar-refractivity contribution in [3.8, 4) is 0 Å². The van der Waals surface area contributed by atoms with E-state index in [0.717, 1.165) is 148 Å². The van der Waals surface area contributed by atoms with E-state index in [2.05, 4.69) is 179 Å². The second kappa shape index (κ2) is 65.0. The van der Waals surface area contributed by atoms with Gasteiger partial charge in [0.15, 0.2) is 6.10 Å². The van der Waals surface area contributed by atoms with Gasteiger partial charge in [-0.15, -0.1) is 0 Å². The Morgan fingerprint density at radius 3 is 0.912 bits per heavy atom. The molecule has 0 spiro atoms. The molecule has 0 bridgehead atoms. The largest absolute Gasteiger partial charge is 0.472 e. The Balaban J connectivity index is 4.83. The van der Waals surface area contributed by atoms with E-state index >= 15 is 0 Å². The van der Waals surface area contributed by atoms with Gasteiger partial charge in [-0.3, -0.25) is 32.5 Å². The molecule has 0 fully saturated rings. The lowest BCUT2D eigenvalue weighted by atomic mass is 10.1. The van der Waals surface area contributed by atoms with Gasteiger partial charge in [-0.1, -0.05) is 223 Å². The van der Waals surface area contributed by atoms with Gasteiger partial charge in [0, 0.05) is 19.3 Å². The molecule has 0 heterocycles. The van der Waals surface area contributed by atoms with Crippen molar-refractivity contribution in [2.24, 2.45) is 0 Å². The number of ether oxygens (including phenoxy) is 3. The monoisotopic (exact) mass is 1310 g/mol. The minimum atomic E-state index is -4.95. The SMILES string of the molecule is CC/C=C\C/C=C\C/C=C\C/C=C\C/C=C\CCCCCC(=O)OCC(O)COP(=O)(O)OCC(O)COP(=O)(O)OCC(COC(=O)CCCCCCCC/C=C\C/C=C\C/C=C\C/C=C\CC)OC(=O)CCC/C=C\C/C=C\C/C=C\C/C=C\C/C=C\CC. The Hall–Kier alpha value is -5.09. The van der Waals surface area contributed by atoms with E-state index in [1.54, 1.807) is 0 Å². The molecular formula is C73H116O16P2. The molecule has 18 heteroatoms. The molecule has 5 atom stereocenters. The molecule has 4 N–H and O–H groups in total. The number of carbonyl (C=O) groups excluding carboxylic acids is 3. The van der Waals surface area contributed by atoms with Crippen molar-refractivity contribution in [2.45, 2.75) is 232 Å². The summed E-state index contributed by atoms with van der Waals surface area (Å²) in [6.45, 7) is 2.16. The maximum Gasteiger partial charge on any atom is 0.472 e. The van der Waals surface area contributed by atoms with Crippen LogP contribution in [0, 0.1) is 0 Å². The summed E-state index contributed by atoms with van der Waals surface area (Å²) in [7, 11) is -9.83. The quantitative estimate of drug-likeness (QED) is 0.0146. The summed E-state index contributed by atoms with van der Waals surface area (Å²) in [6, 6.07) is 0. The maximum atomic E-state index is 12.9. The number of aliphatic hydroxyl groups is 2. The van der Waals surface area contributed by atoms with E-state index in [1.165, 1.54) is 0 Å². The van der Waals surface area contributed by atoms with Crippen molar-refractivity contribution in [2.75, 3.05) is 39.6 Å². The number of unbranched alkanes of at least 4 members (excludes halogenated alkanes) is 10. The number of phosphoric ester groups is 2. The summed E-state index contributed by atoms with van der Waals surface area (Å²) in [5.74, 6) is -1.71. The number of allylic oxidation sites excluding steroid dienone is 28. The predicted molar refractivity (Wildman–Crippen MR) is 371 cm³/mol. The van der Waals surface area contributed by atoms with E-state index in [4.69, 9.17) is 32.3 Å². The first-order chi connectivity index (χ1) is 44.2. The van der Waals surface area contributed by atoms with Crippen LogP contribution in [-0.4, -0.2) is 95.9 Å². The maximum absolute atomic E-state index is 12.9. The third-order valence-corrected chi connectivity index (χ3v) is 14.8. The molecule has 0 aromatic carbocycles. The first-order valence-corrected chi connectivity index (χ1v) is 36.4. The zero-order valence-electron chi connectivity index (χ0n) is 55.4. The summed E-state index contributed by atoms with van der Waals surface area (Å²) in [4.78, 5) is 58.4. The normalized spacial score (nSPS) is 15.3. The van der Waals surface area contributed by atoms with Gasteiger partial charge in [0.25, 0.3) is 0 Å². The van der Waals surface area contributed by atoms with Crippen LogP contribution in [0.1, 0.15) is 213 Å². The molecule has 91 heavy (non-hydrogen) atoms. The number of esters is 3. The van der Waals surface area contributed by atoms with Gasteiger partial charge in [0.05, 0.1) is 26.4 Å². The van der Waals surface area contributed by atoms with Crippen molar-refractivity contribution >= 4 is 33.6 Å². The molecule has 0 saturated carbocycles. The minimum absolute atomic E-state index is 0.0147. The molecule has 0 radical (unpaired) electrons. The zero-order chi connectivity index (χ0) is 66.7. The predicted octanol–water partition coefficient (Wildman–Crippen LogP) is 18.5. The molecule has 0 aliphatic rings. The molecule has 5 unspecified atom stereocenters. The molecule has 0 saturated heterocycles. The average molecular weight is 1310 g/mol. The molecule has 0 rings (SSSR count). The number of hydrogen-bond acceptors (Lipinski definition) is 14. The summed E-state index contributed by atoms with van der Waals surface area (Å²) in [5.41, 5.74) is 0. The van der Waals surface area contributed by atoms with Crippen molar-refractivity contribution in [1.29, 1.82) is 0 Å². The molecule has 0 aromatic heterocycles. The van der Waals surface area contributed by atoms with E-state index in [9.17, 15) is 43.5 Å². The molecule has 16 nitrogen and oxygen atoms in total. The third-order valence-electron chi connectivity index (χ3n) is 12.9. The van der Waals surface area contributed by atoms with Crippen LogP contribution in [-0.2, 0) is 55.8 Å². The van der Waals surface area contributed by atoms with Gasteiger partial charge in [-0.2, -0.15) is 0 Å². The van der Waals surface area contributed by atoms with Crippen molar-refractivity contribution in [3.05, 3.63) is 170 Å². The molecule has 514 valence electrons. The van der Waals surface area contributed by atoms with Gasteiger partial charge in [-0.25, -0.2) is 9.13 Å².